The van der Waals surface area contributed by atoms with Crippen molar-refractivity contribution < 1.29 is 5.11 Å². The van der Waals surface area contributed by atoms with Gasteiger partial charge in [-0.15, -0.1) is 0 Å². The summed E-state index contributed by atoms with van der Waals surface area (Å²) in [5.74, 6) is 0. The third-order valence-electron chi connectivity index (χ3n) is 3.82. The van der Waals surface area contributed by atoms with Crippen molar-refractivity contribution in [3.63, 3.8) is 0 Å². The van der Waals surface area contributed by atoms with Crippen LogP contribution in [0, 0.1) is 5.41 Å². The molecular formula is C14H24N2O. The molecular weight excluding hydrogens is 212 g/mol. The number of aliphatic hydroxyl groups excluding tert-OH is 1. The van der Waals surface area contributed by atoms with Crippen molar-refractivity contribution in [2.45, 2.75) is 39.7 Å². The van der Waals surface area contributed by atoms with E-state index >= 15 is 0 Å². The maximum absolute atomic E-state index is 9.51. The van der Waals surface area contributed by atoms with Crippen LogP contribution in [0.1, 0.15) is 45.2 Å². The van der Waals surface area contributed by atoms with Crippen molar-refractivity contribution in [3.8, 4) is 0 Å². The summed E-state index contributed by atoms with van der Waals surface area (Å²) in [4.78, 5) is 4.02. The first-order chi connectivity index (χ1) is 8.17. The number of aliphatic hydroxyl groups is 1. The van der Waals surface area contributed by atoms with Crippen molar-refractivity contribution >= 4 is 0 Å². The first-order valence-electron chi connectivity index (χ1n) is 6.41. The second-order valence-electron chi connectivity index (χ2n) is 4.75. The number of hydrogen-bond donors (Lipinski definition) is 2. The molecule has 1 heterocycles. The summed E-state index contributed by atoms with van der Waals surface area (Å²) < 4.78 is 0. The molecule has 1 atom stereocenters. The highest BCUT2D eigenvalue weighted by atomic mass is 16.3. The van der Waals surface area contributed by atoms with Crippen LogP contribution in [0.5, 0.6) is 0 Å². The average Bonchev–Trinajstić information content (AvgIpc) is 2.41. The predicted molar refractivity (Wildman–Crippen MR) is 70.8 cm³/mol. The summed E-state index contributed by atoms with van der Waals surface area (Å²) in [6, 6.07) is 4.34. The third kappa shape index (κ3) is 3.79. The number of aromatic nitrogens is 1. The Morgan fingerprint density at radius 3 is 2.35 bits per heavy atom. The zero-order chi connectivity index (χ0) is 12.7. The van der Waals surface area contributed by atoms with Crippen molar-refractivity contribution in [3.05, 3.63) is 30.1 Å². The molecule has 1 aromatic rings. The van der Waals surface area contributed by atoms with Crippen LogP contribution < -0.4 is 5.32 Å². The van der Waals surface area contributed by atoms with Crippen LogP contribution in [-0.2, 0) is 0 Å². The maximum Gasteiger partial charge on any atom is 0.0499 e. The van der Waals surface area contributed by atoms with Gasteiger partial charge in [0.15, 0.2) is 0 Å². The lowest BCUT2D eigenvalue weighted by Crippen LogP contribution is -2.37. The maximum atomic E-state index is 9.51. The van der Waals surface area contributed by atoms with E-state index in [1.54, 1.807) is 0 Å². The summed E-state index contributed by atoms with van der Waals surface area (Å²) in [7, 11) is 0. The normalized spacial score (nSPS) is 13.6. The fourth-order valence-electron chi connectivity index (χ4n) is 1.92. The van der Waals surface area contributed by atoms with Crippen LogP contribution in [0.25, 0.3) is 0 Å². The highest BCUT2D eigenvalue weighted by Crippen LogP contribution is 2.25. The summed E-state index contributed by atoms with van der Waals surface area (Å²) in [5, 5.41) is 13.0. The van der Waals surface area contributed by atoms with Crippen LogP contribution in [0.3, 0.4) is 0 Å². The summed E-state index contributed by atoms with van der Waals surface area (Å²) >= 11 is 0. The van der Waals surface area contributed by atoms with Crippen molar-refractivity contribution in [2.24, 2.45) is 5.41 Å². The zero-order valence-corrected chi connectivity index (χ0v) is 11.1. The Bertz CT molecular complexity index is 301. The number of nitrogens with zero attached hydrogens (tertiary/aromatic N) is 1. The van der Waals surface area contributed by atoms with Gasteiger partial charge in [-0.2, -0.15) is 0 Å². The average molecular weight is 236 g/mol. The molecule has 0 aromatic carbocycles. The highest BCUT2D eigenvalue weighted by Gasteiger charge is 2.25. The van der Waals surface area contributed by atoms with E-state index in [-0.39, 0.29) is 12.0 Å². The summed E-state index contributed by atoms with van der Waals surface area (Å²) in [5.41, 5.74) is 1.25. The Kier molecular flexibility index (Phi) is 5.59. The van der Waals surface area contributed by atoms with Crippen LogP contribution in [0.2, 0.25) is 0 Å². The fraction of sp³-hybridized carbons (Fsp3) is 0.643. The van der Waals surface area contributed by atoms with Gasteiger partial charge < -0.3 is 10.4 Å². The van der Waals surface area contributed by atoms with Crippen LogP contribution in [0.15, 0.2) is 24.5 Å². The molecule has 0 aliphatic rings. The van der Waals surface area contributed by atoms with E-state index in [1.807, 2.05) is 24.5 Å². The molecule has 0 saturated heterocycles. The van der Waals surface area contributed by atoms with Gasteiger partial charge in [-0.1, -0.05) is 13.8 Å². The Morgan fingerprint density at radius 2 is 1.88 bits per heavy atom. The van der Waals surface area contributed by atoms with E-state index in [1.165, 1.54) is 5.56 Å². The van der Waals surface area contributed by atoms with E-state index < -0.39 is 0 Å². The lowest BCUT2D eigenvalue weighted by Gasteiger charge is -2.31. The Labute approximate surface area is 104 Å². The largest absolute Gasteiger partial charge is 0.396 e. The molecule has 0 radical (unpaired) electrons. The minimum atomic E-state index is 0.0152. The number of hydrogen-bond acceptors (Lipinski definition) is 3. The highest BCUT2D eigenvalue weighted by molar-refractivity contribution is 5.13. The van der Waals surface area contributed by atoms with Crippen molar-refractivity contribution in [1.82, 2.24) is 10.3 Å². The van der Waals surface area contributed by atoms with Gasteiger partial charge in [0.05, 0.1) is 0 Å². The fourth-order valence-corrected chi connectivity index (χ4v) is 1.92. The monoisotopic (exact) mass is 236 g/mol. The van der Waals surface area contributed by atoms with Crippen LogP contribution in [0.4, 0.5) is 0 Å². The quantitative estimate of drug-likeness (QED) is 0.764. The van der Waals surface area contributed by atoms with Gasteiger partial charge in [0.2, 0.25) is 0 Å². The van der Waals surface area contributed by atoms with Gasteiger partial charge in [0.1, 0.15) is 0 Å². The molecule has 0 unspecified atom stereocenters. The zero-order valence-electron chi connectivity index (χ0n) is 11.1. The van der Waals surface area contributed by atoms with E-state index in [2.05, 4.69) is 31.1 Å². The Morgan fingerprint density at radius 1 is 1.29 bits per heavy atom. The molecule has 2 N–H and O–H groups in total. The molecule has 1 rings (SSSR count). The first kappa shape index (κ1) is 14.1. The second kappa shape index (κ2) is 6.72. The second-order valence-corrected chi connectivity index (χ2v) is 4.75. The van der Waals surface area contributed by atoms with E-state index in [9.17, 15) is 5.11 Å². The minimum absolute atomic E-state index is 0.0152. The molecule has 0 aliphatic heterocycles. The number of nitrogens with one attached hydrogen (secondary N) is 1. The molecule has 0 aliphatic carbocycles. The molecule has 0 bridgehead atoms. The Hall–Kier alpha value is -0.930. The van der Waals surface area contributed by atoms with E-state index in [0.29, 0.717) is 6.04 Å². The molecule has 96 valence electrons. The standard InChI is InChI=1S/C14H24N2O/c1-4-14(5-2,11-17)10-16-12(3)13-6-8-15-9-7-13/h6-9,12,16-17H,4-5,10-11H2,1-3H3/t12-/m1/s1. The minimum Gasteiger partial charge on any atom is -0.396 e. The molecule has 0 spiro atoms. The predicted octanol–water partition coefficient (Wildman–Crippen LogP) is 2.53. The van der Waals surface area contributed by atoms with Crippen LogP contribution >= 0.6 is 0 Å². The van der Waals surface area contributed by atoms with Crippen molar-refractivity contribution in [1.29, 1.82) is 0 Å². The Balaban J connectivity index is 2.55. The van der Waals surface area contributed by atoms with Gasteiger partial charge in [0.25, 0.3) is 0 Å². The first-order valence-corrected chi connectivity index (χ1v) is 6.41. The van der Waals surface area contributed by atoms with Gasteiger partial charge in [-0.3, -0.25) is 4.98 Å². The molecule has 3 nitrogen and oxygen atoms in total. The van der Waals surface area contributed by atoms with E-state index in [0.717, 1.165) is 19.4 Å². The lowest BCUT2D eigenvalue weighted by atomic mass is 9.83. The molecule has 3 heteroatoms. The molecule has 0 amide bonds. The van der Waals surface area contributed by atoms with Gasteiger partial charge >= 0.3 is 0 Å². The van der Waals surface area contributed by atoms with Crippen molar-refractivity contribution in [2.75, 3.05) is 13.2 Å². The lowest BCUT2D eigenvalue weighted by molar-refractivity contribution is 0.110. The smallest absolute Gasteiger partial charge is 0.0499 e. The summed E-state index contributed by atoms with van der Waals surface area (Å²) in [6.07, 6.45) is 5.62. The van der Waals surface area contributed by atoms with Gasteiger partial charge in [-0.25, -0.2) is 0 Å². The molecule has 0 fully saturated rings. The van der Waals surface area contributed by atoms with Gasteiger partial charge in [-0.05, 0) is 37.5 Å². The van der Waals surface area contributed by atoms with Crippen LogP contribution in [-0.4, -0.2) is 23.2 Å². The number of pyridine rings is 1. The van der Waals surface area contributed by atoms with E-state index in [4.69, 9.17) is 0 Å². The van der Waals surface area contributed by atoms with Gasteiger partial charge in [0, 0.05) is 37.0 Å². The molecule has 1 aromatic heterocycles. The third-order valence-corrected chi connectivity index (χ3v) is 3.82. The molecule has 17 heavy (non-hydrogen) atoms. The molecule has 0 saturated carbocycles. The topological polar surface area (TPSA) is 45.1 Å². The number of rotatable bonds is 7. The summed E-state index contributed by atoms with van der Waals surface area (Å²) in [6.45, 7) is 7.51. The SMILES string of the molecule is CCC(CC)(CO)CN[C@H](C)c1ccncc1.